The van der Waals surface area contributed by atoms with Gasteiger partial charge in [-0.15, -0.1) is 0 Å². The second kappa shape index (κ2) is 5.57. The van der Waals surface area contributed by atoms with E-state index in [1.807, 2.05) is 19.0 Å². The Morgan fingerprint density at radius 2 is 2.12 bits per heavy atom. The highest BCUT2D eigenvalue weighted by atomic mass is 19.4. The molecule has 0 bridgehead atoms. The lowest BCUT2D eigenvalue weighted by Gasteiger charge is -2.35. The molecule has 1 heterocycles. The molecular formula is C10H17F3N2O2. The molecule has 0 N–H and O–H groups in total. The van der Waals surface area contributed by atoms with Crippen molar-refractivity contribution in [3.05, 3.63) is 0 Å². The summed E-state index contributed by atoms with van der Waals surface area (Å²) >= 11 is 0. The lowest BCUT2D eigenvalue weighted by atomic mass is 10.1. The number of likely N-dealkylation sites (N-methyl/N-ethyl adjacent to an activating group) is 1. The number of likely N-dealkylation sites (tertiary alicyclic amines) is 1. The van der Waals surface area contributed by atoms with E-state index in [1.165, 1.54) is 4.90 Å². The van der Waals surface area contributed by atoms with Crippen molar-refractivity contribution in [2.45, 2.75) is 25.1 Å². The topological polar surface area (TPSA) is 32.8 Å². The molecule has 1 rings (SSSR count). The average Bonchev–Trinajstić information content (AvgIpc) is 2.25. The third-order valence-corrected chi connectivity index (χ3v) is 2.74. The van der Waals surface area contributed by atoms with Gasteiger partial charge in [-0.2, -0.15) is 13.2 Å². The Hall–Kier alpha value is -0.980. The number of carbonyl (C=O) groups excluding carboxylic acids is 1. The normalized spacial score (nSPS) is 21.8. The lowest BCUT2D eigenvalue weighted by molar-refractivity contribution is -0.162. The second-order valence-corrected chi connectivity index (χ2v) is 4.38. The SMILES string of the molecule is CN(C)C1CCCN(C(=O)OCC(F)(F)F)C1. The monoisotopic (exact) mass is 254 g/mol. The fourth-order valence-corrected chi connectivity index (χ4v) is 1.78. The van der Waals surface area contributed by atoms with Crippen LogP contribution in [0.1, 0.15) is 12.8 Å². The molecule has 0 aromatic rings. The van der Waals surface area contributed by atoms with E-state index in [1.54, 1.807) is 0 Å². The molecule has 0 aromatic heterocycles. The number of hydrogen-bond donors (Lipinski definition) is 0. The summed E-state index contributed by atoms with van der Waals surface area (Å²) in [6, 6.07) is 0.183. The predicted molar refractivity (Wildman–Crippen MR) is 55.7 cm³/mol. The Bertz CT molecular complexity index is 269. The van der Waals surface area contributed by atoms with Crippen molar-refractivity contribution in [2.24, 2.45) is 0 Å². The van der Waals surface area contributed by atoms with E-state index >= 15 is 0 Å². The van der Waals surface area contributed by atoms with Gasteiger partial charge in [0.25, 0.3) is 0 Å². The smallest absolute Gasteiger partial charge is 0.422 e. The Morgan fingerprint density at radius 1 is 1.47 bits per heavy atom. The molecule has 0 aliphatic carbocycles. The maximum Gasteiger partial charge on any atom is 0.422 e. The molecule has 0 radical (unpaired) electrons. The van der Waals surface area contributed by atoms with Gasteiger partial charge in [-0.3, -0.25) is 0 Å². The molecule has 100 valence electrons. The molecule has 7 heteroatoms. The summed E-state index contributed by atoms with van der Waals surface area (Å²) in [6.07, 6.45) is -3.62. The van der Waals surface area contributed by atoms with Gasteiger partial charge in [0.1, 0.15) is 0 Å². The molecule has 1 amide bonds. The molecule has 0 saturated carbocycles. The average molecular weight is 254 g/mol. The number of hydrogen-bond acceptors (Lipinski definition) is 3. The molecule has 1 atom stereocenters. The summed E-state index contributed by atoms with van der Waals surface area (Å²) < 4.78 is 39.9. The number of nitrogens with zero attached hydrogens (tertiary/aromatic N) is 2. The van der Waals surface area contributed by atoms with Crippen LogP contribution in [0.2, 0.25) is 0 Å². The first kappa shape index (κ1) is 14.1. The highest BCUT2D eigenvalue weighted by Gasteiger charge is 2.32. The van der Waals surface area contributed by atoms with Gasteiger partial charge < -0.3 is 14.5 Å². The quantitative estimate of drug-likeness (QED) is 0.752. The number of piperidine rings is 1. The van der Waals surface area contributed by atoms with Gasteiger partial charge in [-0.05, 0) is 26.9 Å². The van der Waals surface area contributed by atoms with Crippen molar-refractivity contribution in [3.63, 3.8) is 0 Å². The Morgan fingerprint density at radius 3 is 2.65 bits per heavy atom. The molecule has 0 aromatic carbocycles. The van der Waals surface area contributed by atoms with Gasteiger partial charge in [-0.1, -0.05) is 0 Å². The summed E-state index contributed by atoms with van der Waals surface area (Å²) in [5.41, 5.74) is 0. The van der Waals surface area contributed by atoms with Crippen LogP contribution in [-0.2, 0) is 4.74 Å². The van der Waals surface area contributed by atoms with Crippen LogP contribution < -0.4 is 0 Å². The van der Waals surface area contributed by atoms with Crippen LogP contribution in [0.25, 0.3) is 0 Å². The van der Waals surface area contributed by atoms with E-state index in [4.69, 9.17) is 0 Å². The summed E-state index contributed by atoms with van der Waals surface area (Å²) in [6.45, 7) is -0.639. The van der Waals surface area contributed by atoms with Crippen molar-refractivity contribution in [2.75, 3.05) is 33.8 Å². The van der Waals surface area contributed by atoms with Crippen molar-refractivity contribution >= 4 is 6.09 Å². The van der Waals surface area contributed by atoms with Gasteiger partial charge >= 0.3 is 12.3 Å². The maximum atomic E-state index is 11.9. The molecule has 1 fully saturated rings. The van der Waals surface area contributed by atoms with E-state index in [0.29, 0.717) is 13.1 Å². The highest BCUT2D eigenvalue weighted by Crippen LogP contribution is 2.17. The summed E-state index contributed by atoms with van der Waals surface area (Å²) in [7, 11) is 3.77. The number of ether oxygens (including phenoxy) is 1. The van der Waals surface area contributed by atoms with Crippen LogP contribution in [0.3, 0.4) is 0 Å². The number of halogens is 3. The first-order valence-corrected chi connectivity index (χ1v) is 5.44. The lowest BCUT2D eigenvalue weighted by Crippen LogP contribution is -2.48. The molecule has 0 spiro atoms. The number of amides is 1. The van der Waals surface area contributed by atoms with E-state index in [-0.39, 0.29) is 6.04 Å². The molecule has 1 aliphatic rings. The first-order valence-electron chi connectivity index (χ1n) is 5.44. The van der Waals surface area contributed by atoms with Gasteiger partial charge in [0.05, 0.1) is 0 Å². The van der Waals surface area contributed by atoms with Gasteiger partial charge in [-0.25, -0.2) is 4.79 Å². The van der Waals surface area contributed by atoms with Crippen molar-refractivity contribution in [1.82, 2.24) is 9.80 Å². The minimum Gasteiger partial charge on any atom is -0.440 e. The van der Waals surface area contributed by atoms with Crippen molar-refractivity contribution in [1.29, 1.82) is 0 Å². The molecule has 1 unspecified atom stereocenters. The molecule has 1 saturated heterocycles. The van der Waals surface area contributed by atoms with Crippen LogP contribution in [-0.4, -0.2) is 61.9 Å². The fourth-order valence-electron chi connectivity index (χ4n) is 1.78. The number of rotatable bonds is 2. The maximum absolute atomic E-state index is 11.9. The summed E-state index contributed by atoms with van der Waals surface area (Å²) in [5, 5.41) is 0. The highest BCUT2D eigenvalue weighted by molar-refractivity contribution is 5.67. The number of carbonyl (C=O) groups is 1. The summed E-state index contributed by atoms with van der Waals surface area (Å²) in [4.78, 5) is 14.7. The third-order valence-electron chi connectivity index (χ3n) is 2.74. The second-order valence-electron chi connectivity index (χ2n) is 4.38. The van der Waals surface area contributed by atoms with Crippen molar-refractivity contribution in [3.8, 4) is 0 Å². The van der Waals surface area contributed by atoms with Gasteiger partial charge in [0.2, 0.25) is 0 Å². The van der Waals surface area contributed by atoms with E-state index in [0.717, 1.165) is 12.8 Å². The van der Waals surface area contributed by atoms with Gasteiger partial charge in [0, 0.05) is 19.1 Å². The zero-order chi connectivity index (χ0) is 13.1. The Balaban J connectivity index is 2.41. The van der Waals surface area contributed by atoms with Crippen LogP contribution in [0, 0.1) is 0 Å². The molecule has 1 aliphatic heterocycles. The van der Waals surface area contributed by atoms with Crippen LogP contribution in [0.5, 0.6) is 0 Å². The minimum atomic E-state index is -4.47. The fraction of sp³-hybridized carbons (Fsp3) is 0.900. The predicted octanol–water partition coefficient (Wildman–Crippen LogP) is 1.71. The van der Waals surface area contributed by atoms with E-state index in [2.05, 4.69) is 4.74 Å². The van der Waals surface area contributed by atoms with Crippen LogP contribution in [0.15, 0.2) is 0 Å². The number of alkyl halides is 3. The Kier molecular flexibility index (Phi) is 4.62. The summed E-state index contributed by atoms with van der Waals surface area (Å²) in [5.74, 6) is 0. The molecule has 17 heavy (non-hydrogen) atoms. The Labute approximate surface area is 98.3 Å². The van der Waals surface area contributed by atoms with E-state index in [9.17, 15) is 18.0 Å². The van der Waals surface area contributed by atoms with Crippen LogP contribution >= 0.6 is 0 Å². The van der Waals surface area contributed by atoms with E-state index < -0.39 is 18.9 Å². The van der Waals surface area contributed by atoms with Crippen molar-refractivity contribution < 1.29 is 22.7 Å². The minimum absolute atomic E-state index is 0.183. The zero-order valence-corrected chi connectivity index (χ0v) is 9.96. The molecule has 4 nitrogen and oxygen atoms in total. The third kappa shape index (κ3) is 4.80. The van der Waals surface area contributed by atoms with Crippen LogP contribution in [0.4, 0.5) is 18.0 Å². The largest absolute Gasteiger partial charge is 0.440 e. The standard InChI is InChI=1S/C10H17F3N2O2/c1-14(2)8-4-3-5-15(6-8)9(16)17-7-10(11,12)13/h8H,3-7H2,1-2H3. The first-order chi connectivity index (χ1) is 7.79. The zero-order valence-electron chi connectivity index (χ0n) is 9.96. The molecular weight excluding hydrogens is 237 g/mol. The van der Waals surface area contributed by atoms with Gasteiger partial charge in [0.15, 0.2) is 6.61 Å².